The molecule has 1 amide bonds. The number of carbonyl (C=O) groups is 1. The minimum absolute atomic E-state index is 0.256. The summed E-state index contributed by atoms with van der Waals surface area (Å²) < 4.78 is 11.5. The number of hydrogen-bond donors (Lipinski definition) is 0. The Morgan fingerprint density at radius 3 is 2.45 bits per heavy atom. The van der Waals surface area contributed by atoms with Gasteiger partial charge in [-0.1, -0.05) is 0 Å². The molecule has 22 heavy (non-hydrogen) atoms. The molecule has 6 nitrogen and oxygen atoms in total. The third kappa shape index (κ3) is 4.25. The van der Waals surface area contributed by atoms with Gasteiger partial charge in [0.2, 0.25) is 0 Å². The number of pyridine rings is 1. The number of rotatable bonds is 2. The summed E-state index contributed by atoms with van der Waals surface area (Å²) >= 11 is 3.40. The molecule has 1 aromatic rings. The molecule has 0 unspecified atom stereocenters. The van der Waals surface area contributed by atoms with Gasteiger partial charge >= 0.3 is 6.09 Å². The van der Waals surface area contributed by atoms with Gasteiger partial charge in [0.15, 0.2) is 0 Å². The lowest BCUT2D eigenvalue weighted by Gasteiger charge is -2.36. The molecule has 1 aliphatic rings. The molecule has 1 aliphatic heterocycles. The van der Waals surface area contributed by atoms with E-state index in [1.807, 2.05) is 26.8 Å². The Bertz CT molecular complexity index is 537. The Labute approximate surface area is 139 Å². The average molecular weight is 372 g/mol. The molecule has 1 saturated heterocycles. The second-order valence-electron chi connectivity index (χ2n) is 6.13. The van der Waals surface area contributed by atoms with E-state index in [1.165, 1.54) is 0 Å². The fourth-order valence-corrected chi connectivity index (χ4v) is 2.56. The fourth-order valence-electron chi connectivity index (χ4n) is 2.18. The van der Waals surface area contributed by atoms with E-state index in [0.29, 0.717) is 13.1 Å². The van der Waals surface area contributed by atoms with Gasteiger partial charge in [-0.3, -0.25) is 0 Å². The van der Waals surface area contributed by atoms with Crippen molar-refractivity contribution >= 4 is 27.8 Å². The lowest BCUT2D eigenvalue weighted by Crippen LogP contribution is -2.50. The maximum Gasteiger partial charge on any atom is 0.410 e. The van der Waals surface area contributed by atoms with Crippen molar-refractivity contribution in [2.45, 2.75) is 26.4 Å². The maximum atomic E-state index is 12.0. The van der Waals surface area contributed by atoms with Gasteiger partial charge in [-0.2, -0.15) is 0 Å². The van der Waals surface area contributed by atoms with Crippen LogP contribution in [0.15, 0.2) is 16.7 Å². The van der Waals surface area contributed by atoms with E-state index in [-0.39, 0.29) is 6.09 Å². The molecule has 0 N–H and O–H groups in total. The molecule has 0 saturated carbocycles. The van der Waals surface area contributed by atoms with Gasteiger partial charge in [-0.05, 0) is 36.7 Å². The number of aromatic nitrogens is 1. The highest BCUT2D eigenvalue weighted by Gasteiger charge is 2.26. The van der Waals surface area contributed by atoms with Gasteiger partial charge in [0.05, 0.1) is 11.6 Å². The number of hydrogen-bond acceptors (Lipinski definition) is 5. The Morgan fingerprint density at radius 1 is 1.27 bits per heavy atom. The average Bonchev–Trinajstić information content (AvgIpc) is 2.46. The molecule has 0 bridgehead atoms. The Kier molecular flexibility index (Phi) is 5.16. The molecule has 0 spiro atoms. The fraction of sp³-hybridized carbons (Fsp3) is 0.600. The summed E-state index contributed by atoms with van der Waals surface area (Å²) in [6.45, 7) is 8.30. The van der Waals surface area contributed by atoms with E-state index in [9.17, 15) is 4.79 Å². The summed E-state index contributed by atoms with van der Waals surface area (Å²) in [5.41, 5.74) is -0.463. The van der Waals surface area contributed by atoms with Crippen molar-refractivity contribution in [3.05, 3.63) is 16.7 Å². The van der Waals surface area contributed by atoms with Gasteiger partial charge in [0, 0.05) is 38.4 Å². The summed E-state index contributed by atoms with van der Waals surface area (Å²) in [5.74, 6) is 1.60. The van der Waals surface area contributed by atoms with Crippen molar-refractivity contribution < 1.29 is 14.3 Å². The largest absolute Gasteiger partial charge is 0.495 e. The van der Waals surface area contributed by atoms with Crippen LogP contribution in [0.1, 0.15) is 20.8 Å². The van der Waals surface area contributed by atoms with Crippen molar-refractivity contribution in [3.63, 3.8) is 0 Å². The minimum atomic E-state index is -0.463. The minimum Gasteiger partial charge on any atom is -0.495 e. The summed E-state index contributed by atoms with van der Waals surface area (Å²) in [6.07, 6.45) is 1.47. The van der Waals surface area contributed by atoms with Gasteiger partial charge in [0.25, 0.3) is 0 Å². The molecule has 1 fully saturated rings. The second kappa shape index (κ2) is 6.73. The molecular weight excluding hydrogens is 350 g/mol. The zero-order valence-corrected chi connectivity index (χ0v) is 15.0. The molecular formula is C15H22BrN3O3. The summed E-state index contributed by atoms with van der Waals surface area (Å²) in [4.78, 5) is 20.3. The zero-order chi connectivity index (χ0) is 16.3. The van der Waals surface area contributed by atoms with Crippen molar-refractivity contribution in [1.82, 2.24) is 9.88 Å². The Hall–Kier alpha value is -1.50. The molecule has 0 radical (unpaired) electrons. The monoisotopic (exact) mass is 371 g/mol. The summed E-state index contributed by atoms with van der Waals surface area (Å²) in [5, 5.41) is 0. The molecule has 7 heteroatoms. The lowest BCUT2D eigenvalue weighted by atomic mass is 10.2. The zero-order valence-electron chi connectivity index (χ0n) is 13.4. The van der Waals surface area contributed by atoms with Gasteiger partial charge < -0.3 is 19.3 Å². The summed E-state index contributed by atoms with van der Waals surface area (Å²) in [6, 6.07) is 1.90. The van der Waals surface area contributed by atoms with Gasteiger partial charge in [-0.15, -0.1) is 0 Å². The first-order valence-corrected chi connectivity index (χ1v) is 8.02. The normalized spacial score (nSPS) is 15.7. The predicted octanol–water partition coefficient (Wildman–Crippen LogP) is 2.91. The second-order valence-corrected chi connectivity index (χ2v) is 6.99. The van der Waals surface area contributed by atoms with Crippen LogP contribution in [0.2, 0.25) is 0 Å². The molecule has 1 aromatic heterocycles. The quantitative estimate of drug-likeness (QED) is 0.799. The predicted molar refractivity (Wildman–Crippen MR) is 88.5 cm³/mol. The number of ether oxygens (including phenoxy) is 2. The molecule has 122 valence electrons. The number of nitrogens with zero attached hydrogens (tertiary/aromatic N) is 3. The van der Waals surface area contributed by atoms with E-state index in [4.69, 9.17) is 9.47 Å². The Morgan fingerprint density at radius 2 is 1.91 bits per heavy atom. The topological polar surface area (TPSA) is 54.9 Å². The summed E-state index contributed by atoms with van der Waals surface area (Å²) in [7, 11) is 1.63. The van der Waals surface area contributed by atoms with Gasteiger partial charge in [-0.25, -0.2) is 9.78 Å². The first-order valence-electron chi connectivity index (χ1n) is 7.22. The maximum absolute atomic E-state index is 12.0. The first-order chi connectivity index (χ1) is 10.3. The molecule has 0 aromatic carbocycles. The molecule has 2 heterocycles. The van der Waals surface area contributed by atoms with Crippen LogP contribution in [0.5, 0.6) is 5.75 Å². The smallest absolute Gasteiger partial charge is 0.410 e. The van der Waals surface area contributed by atoms with Crippen LogP contribution in [0.3, 0.4) is 0 Å². The highest BCUT2D eigenvalue weighted by molar-refractivity contribution is 9.10. The first kappa shape index (κ1) is 16.9. The van der Waals surface area contributed by atoms with Crippen molar-refractivity contribution in [2.24, 2.45) is 0 Å². The molecule has 0 aliphatic carbocycles. The van der Waals surface area contributed by atoms with Crippen LogP contribution in [0.4, 0.5) is 10.6 Å². The number of halogens is 1. The third-order valence-electron chi connectivity index (χ3n) is 3.28. The highest BCUT2D eigenvalue weighted by atomic mass is 79.9. The van der Waals surface area contributed by atoms with Crippen molar-refractivity contribution in [3.8, 4) is 5.75 Å². The number of amides is 1. The lowest BCUT2D eigenvalue weighted by molar-refractivity contribution is 0.0240. The standard InChI is InChI=1S/C15H22BrN3O3/c1-15(2,3)22-14(20)19-7-5-18(6-8-19)13-9-12(21-4)11(16)10-17-13/h9-10H,5-8H2,1-4H3. The van der Waals surface area contributed by atoms with Crippen LogP contribution >= 0.6 is 15.9 Å². The molecule has 0 atom stereocenters. The van der Waals surface area contributed by atoms with E-state index in [0.717, 1.165) is 29.1 Å². The highest BCUT2D eigenvalue weighted by Crippen LogP contribution is 2.28. The van der Waals surface area contributed by atoms with Crippen molar-refractivity contribution in [2.75, 3.05) is 38.2 Å². The van der Waals surface area contributed by atoms with Crippen LogP contribution < -0.4 is 9.64 Å². The van der Waals surface area contributed by atoms with E-state index in [2.05, 4.69) is 25.8 Å². The van der Waals surface area contributed by atoms with E-state index >= 15 is 0 Å². The Balaban J connectivity index is 1.96. The number of anilines is 1. The number of methoxy groups -OCH3 is 1. The van der Waals surface area contributed by atoms with Crippen LogP contribution in [0.25, 0.3) is 0 Å². The van der Waals surface area contributed by atoms with Crippen LogP contribution in [-0.4, -0.2) is 54.9 Å². The van der Waals surface area contributed by atoms with E-state index < -0.39 is 5.60 Å². The molecule has 2 rings (SSSR count). The third-order valence-corrected chi connectivity index (χ3v) is 3.88. The number of carbonyl (C=O) groups excluding carboxylic acids is 1. The van der Waals surface area contributed by atoms with Crippen molar-refractivity contribution in [1.29, 1.82) is 0 Å². The van der Waals surface area contributed by atoms with Gasteiger partial charge in [0.1, 0.15) is 17.2 Å². The van der Waals surface area contributed by atoms with Crippen LogP contribution in [0, 0.1) is 0 Å². The number of piperazine rings is 1. The van der Waals surface area contributed by atoms with Crippen LogP contribution in [-0.2, 0) is 4.74 Å². The van der Waals surface area contributed by atoms with E-state index in [1.54, 1.807) is 18.2 Å². The SMILES string of the molecule is COc1cc(N2CCN(C(=O)OC(C)(C)C)CC2)ncc1Br.